The summed E-state index contributed by atoms with van der Waals surface area (Å²) in [6.07, 6.45) is 0. The Kier molecular flexibility index (Phi) is 4.71. The Morgan fingerprint density at radius 3 is 2.33 bits per heavy atom. The molecule has 0 aliphatic rings. The largest absolute Gasteiger partial charge is 0.473 e. The van der Waals surface area contributed by atoms with Crippen molar-refractivity contribution in [2.45, 2.75) is 6.92 Å². The van der Waals surface area contributed by atoms with Gasteiger partial charge in [0.1, 0.15) is 23.1 Å². The van der Waals surface area contributed by atoms with Crippen molar-refractivity contribution in [1.82, 2.24) is 5.32 Å². The van der Waals surface area contributed by atoms with Crippen molar-refractivity contribution in [2.24, 2.45) is 0 Å². The molecule has 0 spiro atoms. The van der Waals surface area contributed by atoms with Gasteiger partial charge in [0, 0.05) is 0 Å². The Bertz CT molecular complexity index is 610. The molecule has 6 heteroatoms. The van der Waals surface area contributed by atoms with Crippen LogP contribution in [0.15, 0.2) is 42.5 Å². The molecular formula is C15H14F2N2O2. The van der Waals surface area contributed by atoms with Gasteiger partial charge in [-0.05, 0) is 31.2 Å². The van der Waals surface area contributed by atoms with Crippen molar-refractivity contribution in [3.8, 4) is 5.75 Å². The molecule has 0 saturated heterocycles. The van der Waals surface area contributed by atoms with Crippen molar-refractivity contribution in [3.05, 3.63) is 59.7 Å². The molecule has 0 fully saturated rings. The molecule has 0 unspecified atom stereocenters. The lowest BCUT2D eigenvalue weighted by Crippen LogP contribution is -2.32. The first-order valence-corrected chi connectivity index (χ1v) is 6.24. The van der Waals surface area contributed by atoms with E-state index in [1.807, 2.05) is 19.1 Å². The van der Waals surface area contributed by atoms with Crippen LogP contribution in [0.4, 0.5) is 19.3 Å². The van der Waals surface area contributed by atoms with E-state index in [4.69, 9.17) is 4.74 Å². The number of carbonyl (C=O) groups is 1. The van der Waals surface area contributed by atoms with Gasteiger partial charge in [0.25, 0.3) is 0 Å². The highest BCUT2D eigenvalue weighted by molar-refractivity contribution is 5.89. The fourth-order valence-electron chi connectivity index (χ4n) is 1.59. The van der Waals surface area contributed by atoms with Crippen LogP contribution in [0.1, 0.15) is 5.56 Å². The van der Waals surface area contributed by atoms with Crippen LogP contribution in [-0.2, 0) is 0 Å². The van der Waals surface area contributed by atoms with Crippen molar-refractivity contribution in [2.75, 3.05) is 12.0 Å². The van der Waals surface area contributed by atoms with E-state index < -0.39 is 23.4 Å². The van der Waals surface area contributed by atoms with E-state index in [2.05, 4.69) is 10.6 Å². The molecule has 0 aliphatic heterocycles. The molecule has 0 atom stereocenters. The number of para-hydroxylation sites is 1. The minimum absolute atomic E-state index is 0.120. The van der Waals surface area contributed by atoms with Crippen LogP contribution in [0.5, 0.6) is 5.75 Å². The minimum Gasteiger partial charge on any atom is -0.473 e. The van der Waals surface area contributed by atoms with Gasteiger partial charge in [0.05, 0.1) is 0 Å². The number of urea groups is 1. The zero-order valence-electron chi connectivity index (χ0n) is 11.3. The summed E-state index contributed by atoms with van der Waals surface area (Å²) in [5.74, 6) is -1.10. The second-order valence-corrected chi connectivity index (χ2v) is 4.33. The Morgan fingerprint density at radius 1 is 1.10 bits per heavy atom. The summed E-state index contributed by atoms with van der Waals surface area (Å²) >= 11 is 0. The van der Waals surface area contributed by atoms with Crippen LogP contribution in [0.3, 0.4) is 0 Å². The van der Waals surface area contributed by atoms with E-state index in [-0.39, 0.29) is 6.73 Å². The molecule has 110 valence electrons. The Morgan fingerprint density at radius 2 is 1.71 bits per heavy atom. The second kappa shape index (κ2) is 6.69. The monoisotopic (exact) mass is 292 g/mol. The fourth-order valence-corrected chi connectivity index (χ4v) is 1.59. The average molecular weight is 292 g/mol. The van der Waals surface area contributed by atoms with Crippen molar-refractivity contribution in [1.29, 1.82) is 0 Å². The first kappa shape index (κ1) is 14.8. The van der Waals surface area contributed by atoms with Gasteiger partial charge in [-0.2, -0.15) is 0 Å². The van der Waals surface area contributed by atoms with E-state index >= 15 is 0 Å². The Balaban J connectivity index is 1.84. The Hall–Kier alpha value is -2.63. The summed E-state index contributed by atoms with van der Waals surface area (Å²) in [6, 6.07) is 9.81. The fraction of sp³-hybridized carbons (Fsp3) is 0.133. The number of carbonyl (C=O) groups excluding carboxylic acids is 1. The van der Waals surface area contributed by atoms with Gasteiger partial charge in [-0.3, -0.25) is 0 Å². The number of hydrogen-bond donors (Lipinski definition) is 2. The molecule has 0 aromatic heterocycles. The molecule has 21 heavy (non-hydrogen) atoms. The molecule has 2 aromatic carbocycles. The van der Waals surface area contributed by atoms with Crippen molar-refractivity contribution < 1.29 is 18.3 Å². The number of ether oxygens (including phenoxy) is 1. The number of anilines is 1. The third kappa shape index (κ3) is 4.17. The summed E-state index contributed by atoms with van der Waals surface area (Å²) in [7, 11) is 0. The van der Waals surface area contributed by atoms with Gasteiger partial charge in [0.2, 0.25) is 0 Å². The van der Waals surface area contributed by atoms with Crippen LogP contribution in [0.25, 0.3) is 0 Å². The molecular weight excluding hydrogens is 278 g/mol. The first-order chi connectivity index (χ1) is 10.1. The maximum atomic E-state index is 13.3. The maximum absolute atomic E-state index is 13.3. The lowest BCUT2D eigenvalue weighted by molar-refractivity contribution is 0.234. The second-order valence-electron chi connectivity index (χ2n) is 4.33. The number of amides is 2. The molecule has 2 rings (SSSR count). The van der Waals surface area contributed by atoms with Crippen molar-refractivity contribution in [3.63, 3.8) is 0 Å². The maximum Gasteiger partial charge on any atom is 0.322 e. The normalized spacial score (nSPS) is 10.0. The lowest BCUT2D eigenvalue weighted by Gasteiger charge is -2.10. The molecule has 2 N–H and O–H groups in total. The number of rotatable bonds is 4. The van der Waals surface area contributed by atoms with Crippen LogP contribution < -0.4 is 15.4 Å². The van der Waals surface area contributed by atoms with Gasteiger partial charge in [-0.25, -0.2) is 13.6 Å². The predicted octanol–water partition coefficient (Wildman–Crippen LogP) is 3.43. The lowest BCUT2D eigenvalue weighted by atomic mass is 10.2. The van der Waals surface area contributed by atoms with E-state index in [1.54, 1.807) is 12.1 Å². The zero-order valence-corrected chi connectivity index (χ0v) is 11.3. The minimum atomic E-state index is -0.843. The van der Waals surface area contributed by atoms with E-state index in [9.17, 15) is 13.6 Å². The quantitative estimate of drug-likeness (QED) is 0.848. The van der Waals surface area contributed by atoms with Gasteiger partial charge in [-0.1, -0.05) is 23.8 Å². The molecule has 0 radical (unpaired) electrons. The van der Waals surface area contributed by atoms with E-state index in [0.717, 1.165) is 17.7 Å². The standard InChI is InChI=1S/C15H14F2N2O2/c1-10-5-7-11(8-6-10)21-9-18-15(20)19-14-12(16)3-2-4-13(14)17/h2-8H,9H2,1H3,(H2,18,19,20). The van der Waals surface area contributed by atoms with Gasteiger partial charge >= 0.3 is 6.03 Å². The van der Waals surface area contributed by atoms with Gasteiger partial charge in [0.15, 0.2) is 6.73 Å². The molecule has 0 bridgehead atoms. The molecule has 0 saturated carbocycles. The molecule has 4 nitrogen and oxygen atoms in total. The Labute approximate surface area is 120 Å². The number of halogens is 2. The highest BCUT2D eigenvalue weighted by Gasteiger charge is 2.11. The van der Waals surface area contributed by atoms with Gasteiger partial charge in [-0.15, -0.1) is 0 Å². The van der Waals surface area contributed by atoms with Crippen LogP contribution >= 0.6 is 0 Å². The highest BCUT2D eigenvalue weighted by Crippen LogP contribution is 2.17. The van der Waals surface area contributed by atoms with Crippen LogP contribution in [0, 0.1) is 18.6 Å². The molecule has 0 aliphatic carbocycles. The van der Waals surface area contributed by atoms with E-state index in [1.165, 1.54) is 6.07 Å². The SMILES string of the molecule is Cc1ccc(OCNC(=O)Nc2c(F)cccc2F)cc1. The predicted molar refractivity (Wildman–Crippen MR) is 75.2 cm³/mol. The number of benzene rings is 2. The van der Waals surface area contributed by atoms with Crippen LogP contribution in [-0.4, -0.2) is 12.8 Å². The smallest absolute Gasteiger partial charge is 0.322 e. The first-order valence-electron chi connectivity index (χ1n) is 6.24. The number of aryl methyl sites for hydroxylation is 1. The third-order valence-corrected chi connectivity index (χ3v) is 2.69. The summed E-state index contributed by atoms with van der Waals surface area (Å²) in [5, 5.41) is 4.44. The molecule has 0 heterocycles. The average Bonchev–Trinajstić information content (AvgIpc) is 2.45. The highest BCUT2D eigenvalue weighted by atomic mass is 19.1. The third-order valence-electron chi connectivity index (χ3n) is 2.69. The topological polar surface area (TPSA) is 50.4 Å². The summed E-state index contributed by atoms with van der Waals surface area (Å²) in [6.45, 7) is 1.82. The molecule has 2 amide bonds. The van der Waals surface area contributed by atoms with Crippen molar-refractivity contribution >= 4 is 11.7 Å². The number of nitrogens with one attached hydrogen (secondary N) is 2. The molecule has 2 aromatic rings. The van der Waals surface area contributed by atoms with E-state index in [0.29, 0.717) is 5.75 Å². The summed E-state index contributed by atoms with van der Waals surface area (Å²) < 4.78 is 31.9. The zero-order chi connectivity index (χ0) is 15.2. The van der Waals surface area contributed by atoms with Crippen LogP contribution in [0.2, 0.25) is 0 Å². The number of hydrogen-bond acceptors (Lipinski definition) is 2. The van der Waals surface area contributed by atoms with Gasteiger partial charge < -0.3 is 15.4 Å². The summed E-state index contributed by atoms with van der Waals surface area (Å²) in [5.41, 5.74) is 0.591. The summed E-state index contributed by atoms with van der Waals surface area (Å²) in [4.78, 5) is 11.5.